The van der Waals surface area contributed by atoms with Crippen LogP contribution >= 0.6 is 0 Å². The first-order valence-electron chi connectivity index (χ1n) is 9.79. The number of benzene rings is 1. The maximum Gasteiger partial charge on any atom is 0.341 e. The van der Waals surface area contributed by atoms with Gasteiger partial charge in [0.25, 0.3) is 5.91 Å². The Kier molecular flexibility index (Phi) is 6.57. The summed E-state index contributed by atoms with van der Waals surface area (Å²) in [6.07, 6.45) is 3.83. The summed E-state index contributed by atoms with van der Waals surface area (Å²) >= 11 is 0. The average Bonchev–Trinajstić information content (AvgIpc) is 3.09. The van der Waals surface area contributed by atoms with Gasteiger partial charge in [0.2, 0.25) is 10.0 Å². The third-order valence-electron chi connectivity index (χ3n) is 5.14. The normalized spacial score (nSPS) is 15.7. The van der Waals surface area contributed by atoms with Crippen LogP contribution in [0.5, 0.6) is 0 Å². The summed E-state index contributed by atoms with van der Waals surface area (Å²) in [5.74, 6) is -0.622. The second kappa shape index (κ2) is 8.97. The zero-order valence-corrected chi connectivity index (χ0v) is 18.1. The molecule has 0 saturated carbocycles. The Bertz CT molecular complexity index is 1020. The van der Waals surface area contributed by atoms with E-state index in [4.69, 9.17) is 4.74 Å². The summed E-state index contributed by atoms with van der Waals surface area (Å²) in [5, 5.41) is 7.21. The molecule has 1 N–H and O–H groups in total. The molecule has 30 heavy (non-hydrogen) atoms. The van der Waals surface area contributed by atoms with Gasteiger partial charge in [0, 0.05) is 24.7 Å². The fourth-order valence-corrected chi connectivity index (χ4v) is 4.31. The molecule has 0 aliphatic carbocycles. The predicted molar refractivity (Wildman–Crippen MR) is 111 cm³/mol. The number of carbonyl (C=O) groups excluding carboxylic acids is 2. The lowest BCUT2D eigenvalue weighted by Crippen LogP contribution is -2.46. The maximum absolute atomic E-state index is 12.5. The molecule has 1 amide bonds. The Morgan fingerprint density at radius 1 is 1.20 bits per heavy atom. The molecule has 9 nitrogen and oxygen atoms in total. The summed E-state index contributed by atoms with van der Waals surface area (Å²) in [6.45, 7) is 4.63. The van der Waals surface area contributed by atoms with Gasteiger partial charge in [-0.05, 0) is 51.0 Å². The molecule has 1 aromatic carbocycles. The Balaban J connectivity index is 1.64. The van der Waals surface area contributed by atoms with Crippen molar-refractivity contribution in [3.8, 4) is 5.69 Å². The van der Waals surface area contributed by atoms with E-state index in [9.17, 15) is 18.0 Å². The van der Waals surface area contributed by atoms with Crippen LogP contribution in [-0.2, 0) is 14.8 Å². The third-order valence-corrected chi connectivity index (χ3v) is 6.44. The van der Waals surface area contributed by atoms with Crippen molar-refractivity contribution < 1.29 is 22.7 Å². The topological polar surface area (TPSA) is 111 Å². The van der Waals surface area contributed by atoms with E-state index in [1.807, 2.05) is 0 Å². The minimum Gasteiger partial charge on any atom is -0.462 e. The Labute approximate surface area is 176 Å². The van der Waals surface area contributed by atoms with E-state index in [0.29, 0.717) is 49.4 Å². The van der Waals surface area contributed by atoms with Crippen molar-refractivity contribution >= 4 is 21.9 Å². The predicted octanol–water partition coefficient (Wildman–Crippen LogP) is 1.51. The number of carbonyl (C=O) groups is 2. The Morgan fingerprint density at radius 3 is 2.40 bits per heavy atom. The van der Waals surface area contributed by atoms with Crippen molar-refractivity contribution in [2.24, 2.45) is 0 Å². The largest absolute Gasteiger partial charge is 0.462 e. The van der Waals surface area contributed by atoms with Gasteiger partial charge in [0.1, 0.15) is 5.56 Å². The second-order valence-corrected chi connectivity index (χ2v) is 9.22. The number of esters is 1. The zero-order valence-electron chi connectivity index (χ0n) is 17.3. The molecular formula is C20H26N4O5S. The summed E-state index contributed by atoms with van der Waals surface area (Å²) < 4.78 is 31.2. The SMILES string of the molecule is CCOC(=O)c1cnn(-c2ccc(C(=O)NC3CCN(S(C)(=O)=O)CC3)cc2)c1C. The number of amides is 1. The number of rotatable bonds is 6. The number of hydrogen-bond donors (Lipinski definition) is 1. The molecule has 0 radical (unpaired) electrons. The molecule has 1 aromatic heterocycles. The van der Waals surface area contributed by atoms with Gasteiger partial charge < -0.3 is 10.1 Å². The quantitative estimate of drug-likeness (QED) is 0.690. The number of hydrogen-bond acceptors (Lipinski definition) is 6. The highest BCUT2D eigenvalue weighted by molar-refractivity contribution is 7.88. The highest BCUT2D eigenvalue weighted by Crippen LogP contribution is 2.17. The highest BCUT2D eigenvalue weighted by atomic mass is 32.2. The van der Waals surface area contributed by atoms with Crippen molar-refractivity contribution in [1.29, 1.82) is 0 Å². The third kappa shape index (κ3) is 4.88. The molecule has 0 unspecified atom stereocenters. The molecule has 1 aliphatic rings. The second-order valence-electron chi connectivity index (χ2n) is 7.23. The van der Waals surface area contributed by atoms with Crippen LogP contribution in [0.3, 0.4) is 0 Å². The molecule has 1 saturated heterocycles. The van der Waals surface area contributed by atoms with Crippen LogP contribution in [0.25, 0.3) is 5.69 Å². The summed E-state index contributed by atoms with van der Waals surface area (Å²) in [6, 6.07) is 6.85. The van der Waals surface area contributed by atoms with E-state index < -0.39 is 16.0 Å². The summed E-state index contributed by atoms with van der Waals surface area (Å²) in [4.78, 5) is 24.5. The fraction of sp³-hybridized carbons (Fsp3) is 0.450. The minimum absolute atomic E-state index is 0.0596. The number of sulfonamides is 1. The van der Waals surface area contributed by atoms with Gasteiger partial charge in [-0.15, -0.1) is 0 Å². The van der Waals surface area contributed by atoms with Gasteiger partial charge in [-0.3, -0.25) is 4.79 Å². The van der Waals surface area contributed by atoms with E-state index in [0.717, 1.165) is 5.69 Å². The molecule has 1 fully saturated rings. The van der Waals surface area contributed by atoms with Crippen molar-refractivity contribution in [2.75, 3.05) is 26.0 Å². The molecule has 2 heterocycles. The van der Waals surface area contributed by atoms with Gasteiger partial charge >= 0.3 is 5.97 Å². The van der Waals surface area contributed by atoms with Crippen molar-refractivity contribution in [1.82, 2.24) is 19.4 Å². The van der Waals surface area contributed by atoms with E-state index in [1.165, 1.54) is 16.8 Å². The molecule has 10 heteroatoms. The van der Waals surface area contributed by atoms with Gasteiger partial charge in [0.15, 0.2) is 0 Å². The van der Waals surface area contributed by atoms with Gasteiger partial charge in [-0.2, -0.15) is 5.10 Å². The number of nitrogens with zero attached hydrogens (tertiary/aromatic N) is 3. The van der Waals surface area contributed by atoms with Crippen LogP contribution in [0, 0.1) is 6.92 Å². The molecule has 0 atom stereocenters. The first-order valence-corrected chi connectivity index (χ1v) is 11.6. The first kappa shape index (κ1) is 22.0. The van der Waals surface area contributed by atoms with Gasteiger partial charge in [0.05, 0.1) is 30.4 Å². The molecular weight excluding hydrogens is 408 g/mol. The van der Waals surface area contributed by atoms with Crippen LogP contribution in [0.15, 0.2) is 30.5 Å². The Hall–Kier alpha value is -2.72. The van der Waals surface area contributed by atoms with Crippen LogP contribution in [-0.4, -0.2) is 66.4 Å². The number of piperidine rings is 1. The van der Waals surface area contributed by atoms with E-state index in [1.54, 1.807) is 42.8 Å². The van der Waals surface area contributed by atoms with E-state index >= 15 is 0 Å². The van der Waals surface area contributed by atoms with Crippen LogP contribution in [0.2, 0.25) is 0 Å². The molecule has 0 spiro atoms. The molecule has 162 valence electrons. The first-order chi connectivity index (χ1) is 14.2. The van der Waals surface area contributed by atoms with Gasteiger partial charge in [-0.1, -0.05) is 0 Å². The molecule has 2 aromatic rings. The lowest BCUT2D eigenvalue weighted by atomic mass is 10.1. The van der Waals surface area contributed by atoms with Crippen molar-refractivity contribution in [2.45, 2.75) is 32.7 Å². The number of aromatic nitrogens is 2. The zero-order chi connectivity index (χ0) is 21.9. The highest BCUT2D eigenvalue weighted by Gasteiger charge is 2.26. The smallest absolute Gasteiger partial charge is 0.341 e. The van der Waals surface area contributed by atoms with Crippen molar-refractivity contribution in [3.05, 3.63) is 47.3 Å². The van der Waals surface area contributed by atoms with E-state index in [2.05, 4.69) is 10.4 Å². The Morgan fingerprint density at radius 2 is 1.83 bits per heavy atom. The fourth-order valence-electron chi connectivity index (χ4n) is 3.43. The standard InChI is InChI=1S/C20H26N4O5S/c1-4-29-20(26)18-13-21-24(14(18)2)17-7-5-15(6-8-17)19(25)22-16-9-11-23(12-10-16)30(3,27)28/h5-8,13,16H,4,9-12H2,1-3H3,(H,22,25). The average molecular weight is 435 g/mol. The molecule has 3 rings (SSSR count). The summed E-state index contributed by atoms with van der Waals surface area (Å²) in [7, 11) is -3.19. The van der Waals surface area contributed by atoms with Crippen LogP contribution < -0.4 is 5.32 Å². The van der Waals surface area contributed by atoms with Crippen LogP contribution in [0.1, 0.15) is 46.2 Å². The summed E-state index contributed by atoms with van der Waals surface area (Å²) in [5.41, 5.74) is 2.28. The molecule has 1 aliphatic heterocycles. The van der Waals surface area contributed by atoms with Crippen molar-refractivity contribution in [3.63, 3.8) is 0 Å². The minimum atomic E-state index is -3.19. The molecule has 0 bridgehead atoms. The van der Waals surface area contributed by atoms with Crippen LogP contribution in [0.4, 0.5) is 0 Å². The van der Waals surface area contributed by atoms with Gasteiger partial charge in [-0.25, -0.2) is 22.2 Å². The number of ether oxygens (including phenoxy) is 1. The lowest BCUT2D eigenvalue weighted by molar-refractivity contribution is 0.0525. The monoisotopic (exact) mass is 434 g/mol. The lowest BCUT2D eigenvalue weighted by Gasteiger charge is -2.30. The van der Waals surface area contributed by atoms with E-state index in [-0.39, 0.29) is 11.9 Å². The number of nitrogens with one attached hydrogen (secondary N) is 1. The maximum atomic E-state index is 12.5.